The first kappa shape index (κ1) is 23.7. The Bertz CT molecular complexity index is 1470. The maximum Gasteiger partial charge on any atom is 0.182 e. The summed E-state index contributed by atoms with van der Waals surface area (Å²) >= 11 is 8.29. The van der Waals surface area contributed by atoms with E-state index in [1.54, 1.807) is 24.2 Å². The van der Waals surface area contributed by atoms with Crippen molar-refractivity contribution < 1.29 is 9.05 Å². The fourth-order valence-corrected chi connectivity index (χ4v) is 7.19. The number of thioether (sulfide) groups is 1. The summed E-state index contributed by atoms with van der Waals surface area (Å²) in [7, 11) is -1.00. The summed E-state index contributed by atoms with van der Waals surface area (Å²) in [5, 5.41) is 1.53. The summed E-state index contributed by atoms with van der Waals surface area (Å²) in [6, 6.07) is 26.8. The van der Waals surface area contributed by atoms with E-state index in [1.807, 2.05) is 42.5 Å². The van der Waals surface area contributed by atoms with Crippen molar-refractivity contribution in [2.24, 2.45) is 0 Å². The van der Waals surface area contributed by atoms with Crippen molar-refractivity contribution in [2.75, 3.05) is 12.1 Å². The lowest BCUT2D eigenvalue weighted by Crippen LogP contribution is -2.12. The highest BCUT2D eigenvalue weighted by molar-refractivity contribution is 8.03. The molecule has 3 aromatic carbocycles. The van der Waals surface area contributed by atoms with Crippen molar-refractivity contribution >= 4 is 42.8 Å². The van der Waals surface area contributed by atoms with Gasteiger partial charge in [0.2, 0.25) is 0 Å². The summed E-state index contributed by atoms with van der Waals surface area (Å²) in [5.41, 5.74) is 8.06. The Morgan fingerprint density at radius 3 is 2.50 bits per heavy atom. The fourth-order valence-electron chi connectivity index (χ4n) is 4.24. The van der Waals surface area contributed by atoms with Crippen LogP contribution in [0.4, 0.5) is 0 Å². The normalized spacial score (nSPS) is 17.9. The Balaban J connectivity index is 1.16. The minimum Gasteiger partial charge on any atom is -0.333 e. The van der Waals surface area contributed by atoms with Gasteiger partial charge in [-0.15, -0.1) is 0 Å². The number of benzene rings is 3. The lowest BCUT2D eigenvalue weighted by atomic mass is 10.00. The maximum atomic E-state index is 6.68. The van der Waals surface area contributed by atoms with E-state index in [4.69, 9.17) is 25.6 Å². The minimum absolute atomic E-state index is 0.0544. The third-order valence-corrected chi connectivity index (χ3v) is 9.20. The Kier molecular flexibility index (Phi) is 7.04. The van der Waals surface area contributed by atoms with Crippen molar-refractivity contribution in [1.82, 2.24) is 15.0 Å². The van der Waals surface area contributed by atoms with E-state index in [-0.39, 0.29) is 6.10 Å². The molecule has 1 saturated heterocycles. The van der Waals surface area contributed by atoms with Crippen LogP contribution in [-0.2, 0) is 9.05 Å². The topological polar surface area (TPSA) is 60.0 Å². The third kappa shape index (κ3) is 5.19. The summed E-state index contributed by atoms with van der Waals surface area (Å²) in [5.74, 6) is 0. The number of halogens is 1. The molecule has 8 heteroatoms. The summed E-state index contributed by atoms with van der Waals surface area (Å²) in [6.45, 7) is 0.696. The van der Waals surface area contributed by atoms with Gasteiger partial charge < -0.3 is 14.0 Å². The maximum absolute atomic E-state index is 6.68. The van der Waals surface area contributed by atoms with Crippen molar-refractivity contribution in [3.63, 3.8) is 0 Å². The van der Waals surface area contributed by atoms with E-state index in [1.165, 1.54) is 11.1 Å². The number of imidazole rings is 1. The van der Waals surface area contributed by atoms with Crippen molar-refractivity contribution in [3.8, 4) is 22.3 Å². The van der Waals surface area contributed by atoms with Gasteiger partial charge in [-0.2, -0.15) is 0 Å². The van der Waals surface area contributed by atoms with Crippen LogP contribution < -0.4 is 0 Å². The monoisotopic (exact) mass is 531 g/mol. The van der Waals surface area contributed by atoms with Crippen molar-refractivity contribution in [2.45, 2.75) is 17.7 Å². The van der Waals surface area contributed by atoms with Gasteiger partial charge in [-0.3, -0.25) is 4.98 Å². The predicted octanol–water partition coefficient (Wildman–Crippen LogP) is 8.49. The number of nitrogens with zero attached hydrogens (tertiary/aromatic N) is 2. The molecule has 0 saturated carbocycles. The summed E-state index contributed by atoms with van der Waals surface area (Å²) in [6.07, 6.45) is 4.51. The van der Waals surface area contributed by atoms with Crippen LogP contribution in [0, 0.1) is 0 Å². The zero-order valence-electron chi connectivity index (χ0n) is 19.3. The SMILES string of the molecule is Clc1cc2[nH]c(SCP3OCCC(c4ccncc4)O3)nc2cc1-c1ccc(-c2ccccc2)cc1. The van der Waals surface area contributed by atoms with Crippen molar-refractivity contribution in [1.29, 1.82) is 0 Å². The van der Waals surface area contributed by atoms with Crippen LogP contribution in [0.2, 0.25) is 5.02 Å². The zero-order chi connectivity index (χ0) is 24.3. The van der Waals surface area contributed by atoms with Gasteiger partial charge in [0.25, 0.3) is 0 Å². The van der Waals surface area contributed by atoms with Crippen molar-refractivity contribution in [3.05, 3.63) is 102 Å². The average molecular weight is 532 g/mol. The first-order chi connectivity index (χ1) is 17.7. The lowest BCUT2D eigenvalue weighted by molar-refractivity contribution is 0.110. The third-order valence-electron chi connectivity index (χ3n) is 6.10. The van der Waals surface area contributed by atoms with Gasteiger partial charge >= 0.3 is 0 Å². The van der Waals surface area contributed by atoms with Crippen LogP contribution in [-0.4, -0.2) is 27.1 Å². The highest BCUT2D eigenvalue weighted by Crippen LogP contribution is 2.51. The molecule has 0 bridgehead atoms. The summed E-state index contributed by atoms with van der Waals surface area (Å²) in [4.78, 5) is 12.3. The second-order valence-electron chi connectivity index (χ2n) is 8.44. The molecule has 0 radical (unpaired) electrons. The first-order valence-electron chi connectivity index (χ1n) is 11.7. The Hall–Kier alpha value is -2.73. The molecule has 0 aliphatic carbocycles. The van der Waals surface area contributed by atoms with Gasteiger partial charge in [-0.25, -0.2) is 4.98 Å². The Morgan fingerprint density at radius 2 is 1.69 bits per heavy atom. The van der Waals surface area contributed by atoms with Crippen LogP contribution in [0.1, 0.15) is 18.1 Å². The van der Waals surface area contributed by atoms with E-state index in [2.05, 4.69) is 46.4 Å². The number of rotatable bonds is 6. The molecule has 1 aliphatic rings. The van der Waals surface area contributed by atoms with Gasteiger partial charge in [0.15, 0.2) is 13.5 Å². The number of hydrogen-bond donors (Lipinski definition) is 1. The molecule has 2 unspecified atom stereocenters. The number of pyridine rings is 1. The smallest absolute Gasteiger partial charge is 0.182 e. The van der Waals surface area contributed by atoms with Crippen LogP contribution in [0.25, 0.3) is 33.3 Å². The molecule has 5 aromatic rings. The van der Waals surface area contributed by atoms with Crippen LogP contribution >= 0.6 is 31.7 Å². The van der Waals surface area contributed by atoms with Gasteiger partial charge in [-0.05, 0) is 46.5 Å². The number of aromatic nitrogens is 3. The van der Waals surface area contributed by atoms with Crippen LogP contribution in [0.3, 0.4) is 0 Å². The second-order valence-corrected chi connectivity index (χ2v) is 11.7. The largest absolute Gasteiger partial charge is 0.333 e. The van der Waals surface area contributed by atoms with E-state index in [0.29, 0.717) is 17.1 Å². The molecule has 6 rings (SSSR count). The molecule has 2 atom stereocenters. The second kappa shape index (κ2) is 10.7. The van der Waals surface area contributed by atoms with E-state index in [9.17, 15) is 0 Å². The molecule has 0 amide bonds. The molecular formula is C28H23ClN3O2PS. The lowest BCUT2D eigenvalue weighted by Gasteiger charge is -2.29. The first-order valence-corrected chi connectivity index (χ1v) is 14.4. The van der Waals surface area contributed by atoms with Gasteiger partial charge in [0.05, 0.1) is 34.3 Å². The van der Waals surface area contributed by atoms with Gasteiger partial charge in [0.1, 0.15) is 0 Å². The molecule has 1 aliphatic heterocycles. The number of aromatic amines is 1. The molecule has 36 heavy (non-hydrogen) atoms. The number of H-pyrrole nitrogens is 1. The zero-order valence-corrected chi connectivity index (χ0v) is 21.8. The molecule has 1 N–H and O–H groups in total. The standard InChI is InChI=1S/C28H23ClN3O2PS/c29-24-17-26-25(16-23(24)21-8-6-20(7-9-21)19-4-2-1-3-5-19)31-28(32-26)36-18-35-33-15-12-27(34-35)22-10-13-30-14-11-22/h1-11,13-14,16-17,27H,12,15,18H2,(H,31,32). The number of fused-ring (bicyclic) bond motifs is 1. The minimum atomic E-state index is -1.00. The molecule has 5 nitrogen and oxygen atoms in total. The highest BCUT2D eigenvalue weighted by atomic mass is 35.5. The quantitative estimate of drug-likeness (QED) is 0.176. The average Bonchev–Trinajstić information content (AvgIpc) is 3.34. The van der Waals surface area contributed by atoms with E-state index < -0.39 is 8.38 Å². The molecule has 1 fully saturated rings. The molecule has 0 spiro atoms. The molecule has 2 aromatic heterocycles. The van der Waals surface area contributed by atoms with Gasteiger partial charge in [0, 0.05) is 24.4 Å². The van der Waals surface area contributed by atoms with Crippen LogP contribution in [0.5, 0.6) is 0 Å². The number of nitrogens with one attached hydrogen (secondary N) is 1. The fraction of sp³-hybridized carbons (Fsp3) is 0.143. The van der Waals surface area contributed by atoms with Crippen LogP contribution in [0.15, 0.2) is 96.4 Å². The van der Waals surface area contributed by atoms with E-state index in [0.717, 1.165) is 39.3 Å². The highest BCUT2D eigenvalue weighted by Gasteiger charge is 2.25. The number of hydrogen-bond acceptors (Lipinski definition) is 5. The molecule has 180 valence electrons. The molecule has 3 heterocycles. The van der Waals surface area contributed by atoms with Gasteiger partial charge in [-0.1, -0.05) is 78.0 Å². The Labute approximate surface area is 220 Å². The molecular weight excluding hydrogens is 509 g/mol. The van der Waals surface area contributed by atoms with E-state index >= 15 is 0 Å². The Morgan fingerprint density at radius 1 is 0.944 bits per heavy atom. The predicted molar refractivity (Wildman–Crippen MR) is 148 cm³/mol. The summed E-state index contributed by atoms with van der Waals surface area (Å²) < 4.78 is 12.1.